The third-order valence-corrected chi connectivity index (χ3v) is 4.18. The molecule has 2 rings (SSSR count). The van der Waals surface area contributed by atoms with E-state index in [1.165, 1.54) is 24.0 Å². The molecular weight excluding hydrogens is 276 g/mol. The third-order valence-electron chi connectivity index (χ3n) is 4.18. The first-order valence-electron chi connectivity index (χ1n) is 8.45. The monoisotopic (exact) mass is 304 g/mol. The van der Waals surface area contributed by atoms with Gasteiger partial charge in [-0.05, 0) is 49.3 Å². The van der Waals surface area contributed by atoms with Crippen molar-refractivity contribution in [2.45, 2.75) is 45.4 Å². The van der Waals surface area contributed by atoms with Gasteiger partial charge in [0.15, 0.2) is 0 Å². The second kappa shape index (κ2) is 8.66. The van der Waals surface area contributed by atoms with Crippen LogP contribution in [-0.4, -0.2) is 37.7 Å². The van der Waals surface area contributed by atoms with Crippen LogP contribution in [0.25, 0.3) is 0 Å². The molecule has 0 aromatic heterocycles. The summed E-state index contributed by atoms with van der Waals surface area (Å²) in [5.41, 5.74) is 2.78. The minimum absolute atomic E-state index is 0.0212. The minimum Gasteiger partial charge on any atom is -0.491 e. The first-order valence-corrected chi connectivity index (χ1v) is 8.45. The largest absolute Gasteiger partial charge is 0.491 e. The lowest BCUT2D eigenvalue weighted by molar-refractivity contribution is 0.204. The molecule has 0 atom stereocenters. The lowest BCUT2D eigenvalue weighted by Gasteiger charge is -2.20. The van der Waals surface area contributed by atoms with E-state index in [-0.39, 0.29) is 6.03 Å². The van der Waals surface area contributed by atoms with E-state index in [4.69, 9.17) is 4.74 Å². The summed E-state index contributed by atoms with van der Waals surface area (Å²) in [4.78, 5) is 13.6. The number of nitrogens with one attached hydrogen (secondary N) is 1. The molecule has 1 aromatic rings. The summed E-state index contributed by atoms with van der Waals surface area (Å²) >= 11 is 0. The molecule has 1 N–H and O–H groups in total. The molecule has 1 aliphatic carbocycles. The summed E-state index contributed by atoms with van der Waals surface area (Å²) in [7, 11) is 1.83. The van der Waals surface area contributed by atoms with Crippen molar-refractivity contribution in [3.8, 4) is 5.75 Å². The molecule has 0 saturated heterocycles. The van der Waals surface area contributed by atoms with E-state index in [2.05, 4.69) is 24.4 Å². The highest BCUT2D eigenvalue weighted by molar-refractivity contribution is 5.73. The average Bonchev–Trinajstić information content (AvgIpc) is 2.56. The number of carbonyl (C=O) groups excluding carboxylic acids is 1. The van der Waals surface area contributed by atoms with Gasteiger partial charge in [0.05, 0.1) is 6.54 Å². The summed E-state index contributed by atoms with van der Waals surface area (Å²) in [6, 6.07) is 6.29. The number of rotatable bonds is 7. The number of urea groups is 1. The van der Waals surface area contributed by atoms with Gasteiger partial charge >= 0.3 is 6.03 Å². The van der Waals surface area contributed by atoms with E-state index in [1.807, 2.05) is 13.1 Å². The maximum Gasteiger partial charge on any atom is 0.317 e. The van der Waals surface area contributed by atoms with Crippen molar-refractivity contribution >= 4 is 6.03 Å². The van der Waals surface area contributed by atoms with E-state index in [0.717, 1.165) is 38.0 Å². The Morgan fingerprint density at radius 2 is 2.14 bits per heavy atom. The molecule has 0 aliphatic heterocycles. The van der Waals surface area contributed by atoms with Crippen molar-refractivity contribution in [3.63, 3.8) is 0 Å². The number of aryl methyl sites for hydroxylation is 1. The fourth-order valence-electron chi connectivity index (χ4n) is 2.83. The van der Waals surface area contributed by atoms with Crippen molar-refractivity contribution in [1.29, 1.82) is 0 Å². The molecule has 0 bridgehead atoms. The van der Waals surface area contributed by atoms with E-state index in [1.54, 1.807) is 4.90 Å². The highest BCUT2D eigenvalue weighted by Gasteiger charge is 2.13. The quantitative estimate of drug-likeness (QED) is 0.785. The molecule has 0 saturated carbocycles. The van der Waals surface area contributed by atoms with Crippen LogP contribution >= 0.6 is 0 Å². The first-order chi connectivity index (χ1) is 10.7. The SMILES string of the molecule is CCCCN(C)C(=O)NCCOc1cccc2c1CCCC2. The number of unbranched alkanes of at least 4 members (excludes halogenated alkanes) is 1. The van der Waals surface area contributed by atoms with Gasteiger partial charge in [0.25, 0.3) is 0 Å². The zero-order valence-electron chi connectivity index (χ0n) is 13.9. The summed E-state index contributed by atoms with van der Waals surface area (Å²) in [5, 5.41) is 2.90. The highest BCUT2D eigenvalue weighted by atomic mass is 16.5. The first kappa shape index (κ1) is 16.7. The molecule has 1 aliphatic rings. The predicted octanol–water partition coefficient (Wildman–Crippen LogP) is 3.39. The Morgan fingerprint density at radius 3 is 2.95 bits per heavy atom. The number of benzene rings is 1. The van der Waals surface area contributed by atoms with Crippen LogP contribution in [-0.2, 0) is 12.8 Å². The Hall–Kier alpha value is -1.71. The van der Waals surface area contributed by atoms with Gasteiger partial charge in [0.1, 0.15) is 12.4 Å². The van der Waals surface area contributed by atoms with Crippen LogP contribution in [0.15, 0.2) is 18.2 Å². The molecular formula is C18H28N2O2. The summed E-state index contributed by atoms with van der Waals surface area (Å²) < 4.78 is 5.88. The zero-order chi connectivity index (χ0) is 15.8. The Morgan fingerprint density at radius 1 is 1.32 bits per heavy atom. The van der Waals surface area contributed by atoms with Gasteiger partial charge in [0, 0.05) is 13.6 Å². The second-order valence-electron chi connectivity index (χ2n) is 5.96. The number of hydrogen-bond acceptors (Lipinski definition) is 2. The van der Waals surface area contributed by atoms with Crippen LogP contribution in [0, 0.1) is 0 Å². The van der Waals surface area contributed by atoms with Gasteiger partial charge in [-0.1, -0.05) is 25.5 Å². The molecule has 22 heavy (non-hydrogen) atoms. The average molecular weight is 304 g/mol. The van der Waals surface area contributed by atoms with Crippen LogP contribution in [0.5, 0.6) is 5.75 Å². The molecule has 0 radical (unpaired) electrons. The molecule has 0 spiro atoms. The Balaban J connectivity index is 1.74. The second-order valence-corrected chi connectivity index (χ2v) is 5.96. The number of amides is 2. The van der Waals surface area contributed by atoms with E-state index in [9.17, 15) is 4.79 Å². The third kappa shape index (κ3) is 4.65. The van der Waals surface area contributed by atoms with Crippen LogP contribution in [0.3, 0.4) is 0 Å². The fraction of sp³-hybridized carbons (Fsp3) is 0.611. The van der Waals surface area contributed by atoms with E-state index < -0.39 is 0 Å². The van der Waals surface area contributed by atoms with Gasteiger partial charge in [-0.25, -0.2) is 4.79 Å². The molecule has 4 nitrogen and oxygen atoms in total. The lowest BCUT2D eigenvalue weighted by atomic mass is 9.91. The number of hydrogen-bond donors (Lipinski definition) is 1. The number of ether oxygens (including phenoxy) is 1. The normalized spacial score (nSPS) is 13.4. The number of carbonyl (C=O) groups is 1. The van der Waals surface area contributed by atoms with Crippen LogP contribution < -0.4 is 10.1 Å². The smallest absolute Gasteiger partial charge is 0.317 e. The van der Waals surface area contributed by atoms with Gasteiger partial charge < -0.3 is 15.0 Å². The van der Waals surface area contributed by atoms with E-state index >= 15 is 0 Å². The standard InChI is InChI=1S/C18H28N2O2/c1-3-4-13-20(2)18(21)19-12-14-22-17-11-7-9-15-8-5-6-10-16(15)17/h7,9,11H,3-6,8,10,12-14H2,1-2H3,(H,19,21). The van der Waals surface area contributed by atoms with Crippen LogP contribution in [0.2, 0.25) is 0 Å². The van der Waals surface area contributed by atoms with E-state index in [0.29, 0.717) is 13.2 Å². The van der Waals surface area contributed by atoms with Crippen molar-refractivity contribution in [3.05, 3.63) is 29.3 Å². The van der Waals surface area contributed by atoms with Gasteiger partial charge in [-0.2, -0.15) is 0 Å². The summed E-state index contributed by atoms with van der Waals surface area (Å²) in [5.74, 6) is 0.991. The van der Waals surface area contributed by atoms with Crippen molar-refractivity contribution in [2.75, 3.05) is 26.7 Å². The van der Waals surface area contributed by atoms with Gasteiger partial charge in [0.2, 0.25) is 0 Å². The summed E-state index contributed by atoms with van der Waals surface area (Å²) in [6.07, 6.45) is 6.92. The molecule has 122 valence electrons. The number of nitrogens with zero attached hydrogens (tertiary/aromatic N) is 1. The van der Waals surface area contributed by atoms with Crippen molar-refractivity contribution in [2.24, 2.45) is 0 Å². The fourth-order valence-corrected chi connectivity index (χ4v) is 2.83. The van der Waals surface area contributed by atoms with Gasteiger partial charge in [-0.15, -0.1) is 0 Å². The van der Waals surface area contributed by atoms with Crippen molar-refractivity contribution < 1.29 is 9.53 Å². The minimum atomic E-state index is -0.0212. The zero-order valence-corrected chi connectivity index (χ0v) is 13.9. The number of fused-ring (bicyclic) bond motifs is 1. The van der Waals surface area contributed by atoms with Crippen LogP contribution in [0.1, 0.15) is 43.7 Å². The Kier molecular flexibility index (Phi) is 6.56. The molecule has 2 amide bonds. The molecule has 0 fully saturated rings. The lowest BCUT2D eigenvalue weighted by Crippen LogP contribution is -2.39. The maximum absolute atomic E-state index is 11.9. The Labute approximate surface area is 133 Å². The molecule has 4 heteroatoms. The highest BCUT2D eigenvalue weighted by Crippen LogP contribution is 2.29. The predicted molar refractivity (Wildman–Crippen MR) is 89.5 cm³/mol. The van der Waals surface area contributed by atoms with Gasteiger partial charge in [-0.3, -0.25) is 0 Å². The Bertz CT molecular complexity index is 488. The molecule has 0 heterocycles. The molecule has 0 unspecified atom stereocenters. The van der Waals surface area contributed by atoms with Crippen LogP contribution in [0.4, 0.5) is 4.79 Å². The maximum atomic E-state index is 11.9. The molecule has 1 aromatic carbocycles. The summed E-state index contributed by atoms with van der Waals surface area (Å²) in [6.45, 7) is 3.98. The topological polar surface area (TPSA) is 41.6 Å². The van der Waals surface area contributed by atoms with Crippen molar-refractivity contribution in [1.82, 2.24) is 10.2 Å².